The summed E-state index contributed by atoms with van der Waals surface area (Å²) in [5, 5.41) is 11.3. The normalized spacial score (nSPS) is 10.2. The standard InChI is InChI=1S/C20H20N2O3/c1-14(2)16-5-7-17(8-6-16)20(24)25-13-19(23)22-18-9-3-15(4-10-18)11-12-21/h3-10,14H,11,13H2,1-2H3,(H,22,23). The van der Waals surface area contributed by atoms with Gasteiger partial charge in [0.2, 0.25) is 0 Å². The predicted molar refractivity (Wildman–Crippen MR) is 95.2 cm³/mol. The third kappa shape index (κ3) is 5.47. The van der Waals surface area contributed by atoms with Crippen molar-refractivity contribution in [2.45, 2.75) is 26.2 Å². The van der Waals surface area contributed by atoms with Crippen LogP contribution in [0.1, 0.15) is 41.3 Å². The highest BCUT2D eigenvalue weighted by molar-refractivity contribution is 5.95. The molecule has 0 radical (unpaired) electrons. The lowest BCUT2D eigenvalue weighted by molar-refractivity contribution is -0.119. The van der Waals surface area contributed by atoms with Gasteiger partial charge in [-0.3, -0.25) is 4.79 Å². The largest absolute Gasteiger partial charge is 0.452 e. The van der Waals surface area contributed by atoms with Crippen LogP contribution in [-0.2, 0) is 16.0 Å². The maximum atomic E-state index is 12.0. The lowest BCUT2D eigenvalue weighted by Crippen LogP contribution is -2.20. The molecule has 0 aliphatic rings. The van der Waals surface area contributed by atoms with E-state index in [4.69, 9.17) is 10.00 Å². The number of carbonyl (C=O) groups excluding carboxylic acids is 2. The summed E-state index contributed by atoms with van der Waals surface area (Å²) in [6, 6.07) is 16.2. The van der Waals surface area contributed by atoms with E-state index < -0.39 is 11.9 Å². The number of nitrogens with zero attached hydrogens (tertiary/aromatic N) is 1. The molecule has 2 rings (SSSR count). The number of carbonyl (C=O) groups is 2. The van der Waals surface area contributed by atoms with Gasteiger partial charge in [0.25, 0.3) is 5.91 Å². The van der Waals surface area contributed by atoms with Crippen LogP contribution in [0.5, 0.6) is 0 Å². The predicted octanol–water partition coefficient (Wildman–Crippen LogP) is 3.67. The van der Waals surface area contributed by atoms with Gasteiger partial charge in [-0.2, -0.15) is 5.26 Å². The van der Waals surface area contributed by atoms with Crippen molar-refractivity contribution in [2.75, 3.05) is 11.9 Å². The van der Waals surface area contributed by atoms with E-state index in [0.717, 1.165) is 11.1 Å². The SMILES string of the molecule is CC(C)c1ccc(C(=O)OCC(=O)Nc2ccc(CC#N)cc2)cc1. The third-order valence-corrected chi connectivity index (χ3v) is 3.67. The zero-order chi connectivity index (χ0) is 18.2. The molecule has 0 atom stereocenters. The molecule has 0 bridgehead atoms. The van der Waals surface area contributed by atoms with Gasteiger partial charge in [0.1, 0.15) is 0 Å². The molecular formula is C20H20N2O3. The second-order valence-electron chi connectivity index (χ2n) is 5.93. The summed E-state index contributed by atoms with van der Waals surface area (Å²) in [6.07, 6.45) is 0.321. The van der Waals surface area contributed by atoms with Gasteiger partial charge in [-0.1, -0.05) is 38.1 Å². The molecule has 0 aliphatic carbocycles. The van der Waals surface area contributed by atoms with Gasteiger partial charge in [-0.15, -0.1) is 0 Å². The Bertz CT molecular complexity index is 772. The Labute approximate surface area is 147 Å². The van der Waals surface area contributed by atoms with E-state index in [9.17, 15) is 9.59 Å². The van der Waals surface area contributed by atoms with Crippen molar-refractivity contribution >= 4 is 17.6 Å². The van der Waals surface area contributed by atoms with E-state index in [1.54, 1.807) is 36.4 Å². The molecule has 0 aliphatic heterocycles. The second-order valence-corrected chi connectivity index (χ2v) is 5.93. The number of hydrogen-bond donors (Lipinski definition) is 1. The van der Waals surface area contributed by atoms with E-state index in [0.29, 0.717) is 23.6 Å². The summed E-state index contributed by atoms with van der Waals surface area (Å²) >= 11 is 0. The number of ether oxygens (including phenoxy) is 1. The molecule has 25 heavy (non-hydrogen) atoms. The van der Waals surface area contributed by atoms with Gasteiger partial charge < -0.3 is 10.1 Å². The summed E-state index contributed by atoms with van der Waals surface area (Å²) in [5.74, 6) is -0.564. The second kappa shape index (κ2) is 8.65. The first kappa shape index (κ1) is 18.2. The zero-order valence-electron chi connectivity index (χ0n) is 14.3. The highest BCUT2D eigenvalue weighted by atomic mass is 16.5. The fourth-order valence-corrected chi connectivity index (χ4v) is 2.21. The minimum Gasteiger partial charge on any atom is -0.452 e. The maximum absolute atomic E-state index is 12.0. The third-order valence-electron chi connectivity index (χ3n) is 3.67. The number of hydrogen-bond acceptors (Lipinski definition) is 4. The van der Waals surface area contributed by atoms with Crippen molar-refractivity contribution in [3.05, 3.63) is 65.2 Å². The molecular weight excluding hydrogens is 316 g/mol. The van der Waals surface area contributed by atoms with Gasteiger partial charge in [0.05, 0.1) is 18.1 Å². The summed E-state index contributed by atoms with van der Waals surface area (Å²) in [5.41, 5.74) is 3.01. The molecule has 2 aromatic rings. The van der Waals surface area contributed by atoms with E-state index in [-0.39, 0.29) is 6.61 Å². The molecule has 0 heterocycles. The van der Waals surface area contributed by atoms with Crippen LogP contribution < -0.4 is 5.32 Å². The smallest absolute Gasteiger partial charge is 0.338 e. The van der Waals surface area contributed by atoms with Crippen molar-refractivity contribution in [3.8, 4) is 6.07 Å². The van der Waals surface area contributed by atoms with Gasteiger partial charge in [0.15, 0.2) is 6.61 Å². The van der Waals surface area contributed by atoms with Crippen LogP contribution in [0, 0.1) is 11.3 Å². The molecule has 0 spiro atoms. The Morgan fingerprint density at radius 1 is 1.08 bits per heavy atom. The summed E-state index contributed by atoms with van der Waals surface area (Å²) < 4.78 is 5.03. The van der Waals surface area contributed by atoms with E-state index in [2.05, 4.69) is 25.2 Å². The van der Waals surface area contributed by atoms with Crippen LogP contribution >= 0.6 is 0 Å². The van der Waals surface area contributed by atoms with Crippen molar-refractivity contribution in [2.24, 2.45) is 0 Å². The summed E-state index contributed by atoms with van der Waals surface area (Å²) in [4.78, 5) is 23.8. The number of esters is 1. The molecule has 1 N–H and O–H groups in total. The highest BCUT2D eigenvalue weighted by Gasteiger charge is 2.11. The van der Waals surface area contributed by atoms with Crippen molar-refractivity contribution in [1.82, 2.24) is 0 Å². The number of nitrogens with one attached hydrogen (secondary N) is 1. The molecule has 5 nitrogen and oxygen atoms in total. The Morgan fingerprint density at radius 2 is 1.72 bits per heavy atom. The molecule has 0 fully saturated rings. The molecule has 0 aromatic heterocycles. The molecule has 5 heteroatoms. The number of nitriles is 1. The van der Waals surface area contributed by atoms with Crippen LogP contribution in [0.25, 0.3) is 0 Å². The lowest BCUT2D eigenvalue weighted by atomic mass is 10.0. The average molecular weight is 336 g/mol. The molecule has 0 saturated carbocycles. The van der Waals surface area contributed by atoms with Gasteiger partial charge in [-0.05, 0) is 41.3 Å². The average Bonchev–Trinajstić information content (AvgIpc) is 2.61. The minimum absolute atomic E-state index is 0.321. The summed E-state index contributed by atoms with van der Waals surface area (Å²) in [6.45, 7) is 3.79. The highest BCUT2D eigenvalue weighted by Crippen LogP contribution is 2.15. The fraction of sp³-hybridized carbons (Fsp3) is 0.250. The van der Waals surface area contributed by atoms with E-state index in [1.165, 1.54) is 0 Å². The number of amides is 1. The van der Waals surface area contributed by atoms with Gasteiger partial charge in [0, 0.05) is 5.69 Å². The first-order valence-corrected chi connectivity index (χ1v) is 8.02. The lowest BCUT2D eigenvalue weighted by Gasteiger charge is -2.08. The first-order valence-electron chi connectivity index (χ1n) is 8.02. The Balaban J connectivity index is 1.84. The van der Waals surface area contributed by atoms with Crippen LogP contribution in [-0.4, -0.2) is 18.5 Å². The number of anilines is 1. The van der Waals surface area contributed by atoms with Crippen LogP contribution in [0.15, 0.2) is 48.5 Å². The Kier molecular flexibility index (Phi) is 6.30. The molecule has 0 unspecified atom stereocenters. The number of benzene rings is 2. The van der Waals surface area contributed by atoms with E-state index >= 15 is 0 Å². The molecule has 1 amide bonds. The number of rotatable bonds is 6. The van der Waals surface area contributed by atoms with Crippen molar-refractivity contribution in [3.63, 3.8) is 0 Å². The first-order chi connectivity index (χ1) is 12.0. The topological polar surface area (TPSA) is 79.2 Å². The van der Waals surface area contributed by atoms with Crippen LogP contribution in [0.3, 0.4) is 0 Å². The fourth-order valence-electron chi connectivity index (χ4n) is 2.21. The Morgan fingerprint density at radius 3 is 2.28 bits per heavy atom. The Hall–Kier alpha value is -3.13. The molecule has 128 valence electrons. The van der Waals surface area contributed by atoms with Crippen molar-refractivity contribution in [1.29, 1.82) is 5.26 Å². The zero-order valence-corrected chi connectivity index (χ0v) is 14.3. The van der Waals surface area contributed by atoms with E-state index in [1.807, 2.05) is 12.1 Å². The van der Waals surface area contributed by atoms with Crippen LogP contribution in [0.2, 0.25) is 0 Å². The van der Waals surface area contributed by atoms with Gasteiger partial charge in [-0.25, -0.2) is 4.79 Å². The minimum atomic E-state index is -0.533. The van der Waals surface area contributed by atoms with Crippen molar-refractivity contribution < 1.29 is 14.3 Å². The molecule has 2 aromatic carbocycles. The maximum Gasteiger partial charge on any atom is 0.338 e. The monoisotopic (exact) mass is 336 g/mol. The summed E-state index contributed by atoms with van der Waals surface area (Å²) in [7, 11) is 0. The molecule has 0 saturated heterocycles. The van der Waals surface area contributed by atoms with Crippen LogP contribution in [0.4, 0.5) is 5.69 Å². The quantitative estimate of drug-likeness (QED) is 0.816. The van der Waals surface area contributed by atoms with Gasteiger partial charge >= 0.3 is 5.97 Å².